The Labute approximate surface area is 251 Å². The lowest BCUT2D eigenvalue weighted by Gasteiger charge is -2.21. The van der Waals surface area contributed by atoms with Crippen LogP contribution in [0.4, 0.5) is 9.59 Å². The number of carbonyl (C=O) groups excluding carboxylic acids is 2. The van der Waals surface area contributed by atoms with Gasteiger partial charge in [-0.05, 0) is 40.0 Å². The molecule has 0 radical (unpaired) electrons. The first-order valence-electron chi connectivity index (χ1n) is 16.2. The molecule has 5 N–H and O–H groups in total. The number of ether oxygens (including phenoxy) is 2. The Morgan fingerprint density at radius 1 is 0.732 bits per heavy atom. The van der Waals surface area contributed by atoms with Crippen LogP contribution in [-0.2, 0) is 14.3 Å². The quantitative estimate of drug-likeness (QED) is 0.0942. The Hall–Kier alpha value is -2.03. The van der Waals surface area contributed by atoms with Crippen LogP contribution in [0, 0.1) is 5.92 Å². The maximum atomic E-state index is 11.7. The second kappa shape index (κ2) is 26.8. The van der Waals surface area contributed by atoms with Crippen molar-refractivity contribution in [2.24, 2.45) is 11.7 Å². The number of unbranched alkanes of at least 4 members (excludes halogenated alkanes) is 15. The number of nitrogens with one attached hydrogen (secondary N) is 2. The van der Waals surface area contributed by atoms with E-state index < -0.39 is 29.8 Å². The Morgan fingerprint density at radius 2 is 1.15 bits per heavy atom. The summed E-state index contributed by atoms with van der Waals surface area (Å²) in [4.78, 5) is 33.4. The number of amides is 2. The molecule has 0 spiro atoms. The third-order valence-corrected chi connectivity index (χ3v) is 6.53. The van der Waals surface area contributed by atoms with Crippen molar-refractivity contribution in [3.8, 4) is 0 Å². The van der Waals surface area contributed by atoms with Crippen LogP contribution in [0.5, 0.6) is 0 Å². The normalized spacial score (nSPS) is 12.6. The molecule has 2 amide bonds. The summed E-state index contributed by atoms with van der Waals surface area (Å²) >= 11 is 0. The Bertz CT molecular complexity index is 652. The number of hydrogen-bond donors (Lipinski definition) is 4. The molecule has 0 aliphatic heterocycles. The summed E-state index contributed by atoms with van der Waals surface area (Å²) in [5, 5.41) is 13.7. The number of carboxylic acid groups (broad SMARTS) is 1. The predicted octanol–water partition coefficient (Wildman–Crippen LogP) is 7.94. The van der Waals surface area contributed by atoms with Gasteiger partial charge in [-0.25, -0.2) is 9.59 Å². The fraction of sp³-hybridized carbons (Fsp3) is 0.906. The number of rotatable bonds is 22. The van der Waals surface area contributed by atoms with Gasteiger partial charge in [-0.2, -0.15) is 0 Å². The lowest BCUT2D eigenvalue weighted by atomic mass is 10.0. The molecule has 9 nitrogen and oxygen atoms in total. The predicted molar refractivity (Wildman–Crippen MR) is 168 cm³/mol. The molecule has 0 aromatic carbocycles. The molecule has 0 bridgehead atoms. The number of carbonyl (C=O) groups is 3. The molecule has 244 valence electrons. The first-order chi connectivity index (χ1) is 19.3. The molecule has 2 atom stereocenters. The van der Waals surface area contributed by atoms with Gasteiger partial charge in [-0.15, -0.1) is 0 Å². The van der Waals surface area contributed by atoms with Crippen molar-refractivity contribution in [2.75, 3.05) is 13.2 Å². The van der Waals surface area contributed by atoms with Crippen LogP contribution < -0.4 is 16.4 Å². The average Bonchev–Trinajstić information content (AvgIpc) is 2.87. The molecule has 0 saturated carbocycles. The molecular formula is C32H65N3O6. The highest BCUT2D eigenvalue weighted by Gasteiger charge is 2.18. The molecule has 41 heavy (non-hydrogen) atoms. The zero-order valence-electron chi connectivity index (χ0n) is 27.5. The van der Waals surface area contributed by atoms with Gasteiger partial charge >= 0.3 is 18.2 Å². The molecule has 0 saturated heterocycles. The van der Waals surface area contributed by atoms with E-state index in [0.717, 1.165) is 12.8 Å². The van der Waals surface area contributed by atoms with Crippen molar-refractivity contribution in [3.63, 3.8) is 0 Å². The Balaban J connectivity index is 0. The van der Waals surface area contributed by atoms with Gasteiger partial charge in [0.2, 0.25) is 0 Å². The van der Waals surface area contributed by atoms with Crippen molar-refractivity contribution in [1.29, 1.82) is 0 Å². The minimum absolute atomic E-state index is 0.0208. The van der Waals surface area contributed by atoms with Gasteiger partial charge in [-0.3, -0.25) is 4.79 Å². The molecular weight excluding hydrogens is 522 g/mol. The largest absolute Gasteiger partial charge is 0.480 e. The van der Waals surface area contributed by atoms with Crippen molar-refractivity contribution in [2.45, 2.75) is 169 Å². The lowest BCUT2D eigenvalue weighted by molar-refractivity contribution is -0.139. The molecule has 0 aliphatic carbocycles. The van der Waals surface area contributed by atoms with Crippen LogP contribution in [0.2, 0.25) is 0 Å². The number of hydrogen-bond acceptors (Lipinski definition) is 6. The fourth-order valence-electron chi connectivity index (χ4n) is 3.95. The standard InChI is InChI=1S/C27H54N2O4.C5H11NO2/c1-6-7-8-9-10-11-12-13-14-15-16-17-18-19-20-21-22-28-25(30)32-23-24(2)29-26(31)33-27(3,4)5;1-3(2)4(6)5(7)8/h24H,6-23H2,1-5H3,(H,28,30)(H,29,31);3-4H,6H2,1-2H3,(H,7,8)/t;4-/m.0/s1. The monoisotopic (exact) mass is 587 g/mol. The van der Waals surface area contributed by atoms with E-state index in [4.69, 9.17) is 20.3 Å². The number of carboxylic acids is 1. The lowest BCUT2D eigenvalue weighted by Crippen LogP contribution is -2.41. The molecule has 0 aromatic rings. The smallest absolute Gasteiger partial charge is 0.407 e. The van der Waals surface area contributed by atoms with Crippen LogP contribution in [0.1, 0.15) is 151 Å². The van der Waals surface area contributed by atoms with Gasteiger partial charge in [0.25, 0.3) is 0 Å². The number of aliphatic carboxylic acids is 1. The molecule has 0 fully saturated rings. The van der Waals surface area contributed by atoms with Crippen LogP contribution >= 0.6 is 0 Å². The van der Waals surface area contributed by atoms with Crippen LogP contribution in [0.3, 0.4) is 0 Å². The minimum Gasteiger partial charge on any atom is -0.480 e. The topological polar surface area (TPSA) is 140 Å². The summed E-state index contributed by atoms with van der Waals surface area (Å²) in [6.07, 6.45) is 20.4. The van der Waals surface area contributed by atoms with Gasteiger partial charge in [0, 0.05) is 6.54 Å². The highest BCUT2D eigenvalue weighted by atomic mass is 16.6. The number of nitrogens with two attached hydrogens (primary N) is 1. The van der Waals surface area contributed by atoms with Crippen molar-refractivity contribution in [3.05, 3.63) is 0 Å². The van der Waals surface area contributed by atoms with E-state index in [2.05, 4.69) is 17.6 Å². The van der Waals surface area contributed by atoms with Crippen LogP contribution in [0.25, 0.3) is 0 Å². The van der Waals surface area contributed by atoms with Gasteiger partial charge in [0.05, 0.1) is 6.04 Å². The fourth-order valence-corrected chi connectivity index (χ4v) is 3.95. The maximum absolute atomic E-state index is 11.7. The van der Waals surface area contributed by atoms with E-state index >= 15 is 0 Å². The van der Waals surface area contributed by atoms with Crippen molar-refractivity contribution >= 4 is 18.2 Å². The van der Waals surface area contributed by atoms with E-state index in [1.54, 1.807) is 41.5 Å². The molecule has 0 rings (SSSR count). The van der Waals surface area contributed by atoms with E-state index in [1.807, 2.05) is 0 Å². The SMILES string of the molecule is CC(C)[C@H](N)C(=O)O.CCCCCCCCCCCCCCCCCCNC(=O)OCC(C)NC(=O)OC(C)(C)C. The molecule has 0 aliphatic rings. The van der Waals surface area contributed by atoms with Crippen molar-refractivity contribution < 1.29 is 29.0 Å². The summed E-state index contributed by atoms with van der Waals surface area (Å²) in [6.45, 7) is 13.8. The van der Waals surface area contributed by atoms with Crippen LogP contribution in [-0.4, -0.2) is 54.1 Å². The van der Waals surface area contributed by atoms with Crippen LogP contribution in [0.15, 0.2) is 0 Å². The first kappa shape index (κ1) is 41.1. The average molecular weight is 588 g/mol. The molecule has 1 unspecified atom stereocenters. The first-order valence-corrected chi connectivity index (χ1v) is 16.2. The highest BCUT2D eigenvalue weighted by molar-refractivity contribution is 5.73. The Morgan fingerprint density at radius 3 is 1.49 bits per heavy atom. The third-order valence-electron chi connectivity index (χ3n) is 6.53. The molecule has 0 heterocycles. The zero-order valence-corrected chi connectivity index (χ0v) is 27.5. The highest BCUT2D eigenvalue weighted by Crippen LogP contribution is 2.13. The summed E-state index contributed by atoms with van der Waals surface area (Å²) in [6, 6.07) is -1.02. The molecule has 9 heteroatoms. The summed E-state index contributed by atoms with van der Waals surface area (Å²) in [5.41, 5.74) is 4.61. The summed E-state index contributed by atoms with van der Waals surface area (Å²) in [7, 11) is 0. The van der Waals surface area contributed by atoms with E-state index in [1.165, 1.54) is 89.9 Å². The van der Waals surface area contributed by atoms with E-state index in [9.17, 15) is 14.4 Å². The van der Waals surface area contributed by atoms with E-state index in [0.29, 0.717) is 6.54 Å². The summed E-state index contributed by atoms with van der Waals surface area (Å²) in [5.74, 6) is -0.910. The van der Waals surface area contributed by atoms with E-state index in [-0.39, 0.29) is 18.6 Å². The summed E-state index contributed by atoms with van der Waals surface area (Å²) < 4.78 is 10.3. The third kappa shape index (κ3) is 32.3. The molecule has 0 aromatic heterocycles. The maximum Gasteiger partial charge on any atom is 0.407 e. The Kier molecular flexibility index (Phi) is 26.9. The zero-order chi connectivity index (χ0) is 31.5. The number of alkyl carbamates (subject to hydrolysis) is 2. The second-order valence-electron chi connectivity index (χ2n) is 12.5. The minimum atomic E-state index is -0.931. The van der Waals surface area contributed by atoms with Gasteiger partial charge in [0.15, 0.2) is 0 Å². The second-order valence-corrected chi connectivity index (χ2v) is 12.5. The van der Waals surface area contributed by atoms with Gasteiger partial charge in [0.1, 0.15) is 18.2 Å². The van der Waals surface area contributed by atoms with Crippen molar-refractivity contribution in [1.82, 2.24) is 10.6 Å². The van der Waals surface area contributed by atoms with Gasteiger partial charge < -0.3 is 30.9 Å². The van der Waals surface area contributed by atoms with Gasteiger partial charge in [-0.1, -0.05) is 117 Å².